The molecule has 18 heavy (non-hydrogen) atoms. The number of anilines is 1. The molecule has 1 rings (SSSR count). The van der Waals surface area contributed by atoms with Crippen molar-refractivity contribution in [2.75, 3.05) is 19.5 Å². The SMILES string of the molecule is CCC(C)C(Nc1ccccc1)P(=O)(OC)OC. The minimum Gasteiger partial charge on any atom is -0.371 e. The van der Waals surface area contributed by atoms with Gasteiger partial charge in [-0.3, -0.25) is 4.57 Å². The number of rotatable bonds is 7. The Hall–Kier alpha value is -0.830. The van der Waals surface area contributed by atoms with E-state index < -0.39 is 7.60 Å². The molecule has 0 saturated heterocycles. The third kappa shape index (κ3) is 3.58. The van der Waals surface area contributed by atoms with E-state index in [0.29, 0.717) is 0 Å². The Morgan fingerprint density at radius 2 is 1.78 bits per heavy atom. The second-order valence-corrected chi connectivity index (χ2v) is 6.61. The fourth-order valence-corrected chi connectivity index (χ4v) is 3.51. The monoisotopic (exact) mass is 271 g/mol. The number of nitrogens with one attached hydrogen (secondary N) is 1. The molecule has 0 aliphatic rings. The standard InChI is InChI=1S/C13H22NO3P/c1-5-11(2)13(18(15,16-3)17-4)14-12-9-7-6-8-10-12/h6-11,13-14H,5H2,1-4H3. The minimum atomic E-state index is -3.14. The Labute approximate surface area is 109 Å². The lowest BCUT2D eigenvalue weighted by Crippen LogP contribution is -2.28. The maximum atomic E-state index is 12.5. The lowest BCUT2D eigenvalue weighted by Gasteiger charge is -2.30. The van der Waals surface area contributed by atoms with Crippen LogP contribution in [0.3, 0.4) is 0 Å². The van der Waals surface area contributed by atoms with Crippen LogP contribution in [0.2, 0.25) is 0 Å². The molecule has 0 bridgehead atoms. The van der Waals surface area contributed by atoms with Gasteiger partial charge in [0.05, 0.1) is 0 Å². The molecule has 0 radical (unpaired) electrons. The average Bonchev–Trinajstić information content (AvgIpc) is 2.44. The summed E-state index contributed by atoms with van der Waals surface area (Å²) in [5.41, 5.74) is 0.914. The molecule has 2 atom stereocenters. The topological polar surface area (TPSA) is 47.6 Å². The third-order valence-corrected chi connectivity index (χ3v) is 5.46. The fraction of sp³-hybridized carbons (Fsp3) is 0.538. The number of hydrogen-bond acceptors (Lipinski definition) is 4. The first kappa shape index (κ1) is 15.2. The summed E-state index contributed by atoms with van der Waals surface area (Å²) in [5.74, 6) is -0.171. The van der Waals surface area contributed by atoms with Gasteiger partial charge in [0.2, 0.25) is 0 Å². The zero-order valence-corrected chi connectivity index (χ0v) is 12.3. The molecule has 102 valence electrons. The molecule has 0 aliphatic heterocycles. The quantitative estimate of drug-likeness (QED) is 0.763. The molecule has 1 N–H and O–H groups in total. The smallest absolute Gasteiger partial charge is 0.352 e. The van der Waals surface area contributed by atoms with Gasteiger partial charge < -0.3 is 14.4 Å². The van der Waals surface area contributed by atoms with Gasteiger partial charge in [0.1, 0.15) is 5.78 Å². The van der Waals surface area contributed by atoms with Crippen molar-refractivity contribution in [2.45, 2.75) is 26.1 Å². The summed E-state index contributed by atoms with van der Waals surface area (Å²) in [5, 5.41) is 3.26. The van der Waals surface area contributed by atoms with Gasteiger partial charge in [0.15, 0.2) is 0 Å². The predicted octanol–water partition coefficient (Wildman–Crippen LogP) is 3.96. The van der Waals surface area contributed by atoms with Crippen LogP contribution in [0.25, 0.3) is 0 Å². The van der Waals surface area contributed by atoms with Gasteiger partial charge in [-0.1, -0.05) is 38.5 Å². The van der Waals surface area contributed by atoms with Crippen molar-refractivity contribution in [2.24, 2.45) is 5.92 Å². The molecule has 1 aromatic rings. The van der Waals surface area contributed by atoms with Gasteiger partial charge in [-0.25, -0.2) is 0 Å². The molecule has 0 spiro atoms. The molecule has 0 amide bonds. The summed E-state index contributed by atoms with van der Waals surface area (Å²) >= 11 is 0. The lowest BCUT2D eigenvalue weighted by molar-refractivity contribution is 0.258. The van der Waals surface area contributed by atoms with E-state index in [9.17, 15) is 4.57 Å². The van der Waals surface area contributed by atoms with E-state index in [0.717, 1.165) is 12.1 Å². The van der Waals surface area contributed by atoms with Crippen LogP contribution >= 0.6 is 7.60 Å². The highest BCUT2D eigenvalue weighted by atomic mass is 31.2. The Morgan fingerprint density at radius 1 is 1.22 bits per heavy atom. The van der Waals surface area contributed by atoms with Crippen LogP contribution in [0.15, 0.2) is 30.3 Å². The molecule has 0 aromatic heterocycles. The summed E-state index contributed by atoms with van der Waals surface area (Å²) in [7, 11) is -0.295. The lowest BCUT2D eigenvalue weighted by atomic mass is 10.1. The second kappa shape index (κ2) is 6.93. The Morgan fingerprint density at radius 3 is 2.22 bits per heavy atom. The van der Waals surface area contributed by atoms with Crippen LogP contribution in [-0.4, -0.2) is 20.0 Å². The Kier molecular flexibility index (Phi) is 5.86. The Balaban J connectivity index is 2.96. The van der Waals surface area contributed by atoms with Gasteiger partial charge in [-0.15, -0.1) is 0 Å². The highest BCUT2D eigenvalue weighted by Crippen LogP contribution is 2.54. The summed E-state index contributed by atoms with van der Waals surface area (Å²) in [4.78, 5) is 0. The zero-order valence-electron chi connectivity index (χ0n) is 11.4. The van der Waals surface area contributed by atoms with Gasteiger partial charge in [-0.05, 0) is 18.1 Å². The van der Waals surface area contributed by atoms with Gasteiger partial charge in [-0.2, -0.15) is 0 Å². The van der Waals surface area contributed by atoms with Gasteiger partial charge in [0, 0.05) is 19.9 Å². The largest absolute Gasteiger partial charge is 0.371 e. The maximum absolute atomic E-state index is 12.5. The molecule has 0 aliphatic carbocycles. The first-order valence-corrected chi connectivity index (χ1v) is 7.71. The van der Waals surface area contributed by atoms with Crippen LogP contribution in [-0.2, 0) is 13.6 Å². The van der Waals surface area contributed by atoms with Crippen molar-refractivity contribution in [3.63, 3.8) is 0 Å². The molecule has 2 unspecified atom stereocenters. The highest BCUT2D eigenvalue weighted by molar-refractivity contribution is 7.54. The highest BCUT2D eigenvalue weighted by Gasteiger charge is 2.37. The fourth-order valence-electron chi connectivity index (χ4n) is 1.76. The summed E-state index contributed by atoms with van der Waals surface area (Å²) < 4.78 is 22.8. The van der Waals surface area contributed by atoms with Crippen LogP contribution < -0.4 is 5.32 Å². The predicted molar refractivity (Wildman–Crippen MR) is 74.9 cm³/mol. The summed E-state index contributed by atoms with van der Waals surface area (Å²) in [6, 6.07) is 9.67. The van der Waals surface area contributed by atoms with E-state index in [1.54, 1.807) is 0 Å². The molecule has 0 fully saturated rings. The molecule has 4 nitrogen and oxygen atoms in total. The van der Waals surface area contributed by atoms with Crippen molar-refractivity contribution in [1.82, 2.24) is 0 Å². The maximum Gasteiger partial charge on any atom is 0.352 e. The molecule has 1 aromatic carbocycles. The summed E-state index contributed by atoms with van der Waals surface area (Å²) in [6.07, 6.45) is 0.890. The van der Waals surface area contributed by atoms with Crippen molar-refractivity contribution >= 4 is 13.3 Å². The number of hydrogen-bond donors (Lipinski definition) is 1. The van der Waals surface area contributed by atoms with E-state index in [2.05, 4.69) is 12.2 Å². The number of para-hydroxylation sites is 1. The first-order valence-electron chi connectivity index (χ1n) is 6.10. The van der Waals surface area contributed by atoms with E-state index in [4.69, 9.17) is 9.05 Å². The van der Waals surface area contributed by atoms with Crippen LogP contribution in [0, 0.1) is 5.92 Å². The molecular formula is C13H22NO3P. The van der Waals surface area contributed by atoms with E-state index >= 15 is 0 Å². The minimum absolute atomic E-state index is 0.177. The van der Waals surface area contributed by atoms with E-state index in [1.807, 2.05) is 37.3 Å². The molecule has 5 heteroatoms. The molecular weight excluding hydrogens is 249 g/mol. The summed E-state index contributed by atoms with van der Waals surface area (Å²) in [6.45, 7) is 4.09. The van der Waals surface area contributed by atoms with Crippen LogP contribution in [0.5, 0.6) is 0 Å². The molecule has 0 heterocycles. The molecule has 0 saturated carbocycles. The van der Waals surface area contributed by atoms with Crippen molar-refractivity contribution in [3.8, 4) is 0 Å². The van der Waals surface area contributed by atoms with Crippen LogP contribution in [0.1, 0.15) is 20.3 Å². The Bertz CT molecular complexity index is 388. The van der Waals surface area contributed by atoms with Crippen molar-refractivity contribution < 1.29 is 13.6 Å². The van der Waals surface area contributed by atoms with Crippen LogP contribution in [0.4, 0.5) is 5.69 Å². The average molecular weight is 271 g/mol. The normalized spacial score (nSPS) is 15.1. The van der Waals surface area contributed by atoms with Gasteiger partial charge in [0.25, 0.3) is 0 Å². The van der Waals surface area contributed by atoms with Crippen molar-refractivity contribution in [3.05, 3.63) is 30.3 Å². The zero-order chi connectivity index (χ0) is 13.6. The third-order valence-electron chi connectivity index (χ3n) is 3.12. The van der Waals surface area contributed by atoms with E-state index in [-0.39, 0.29) is 11.7 Å². The van der Waals surface area contributed by atoms with Gasteiger partial charge >= 0.3 is 7.60 Å². The second-order valence-electron chi connectivity index (χ2n) is 4.25. The van der Waals surface area contributed by atoms with Crippen molar-refractivity contribution in [1.29, 1.82) is 0 Å². The first-order chi connectivity index (χ1) is 8.57. The van der Waals surface area contributed by atoms with E-state index in [1.165, 1.54) is 14.2 Å². The number of benzene rings is 1.